The fourth-order valence-corrected chi connectivity index (χ4v) is 1.54. The van der Waals surface area contributed by atoms with Gasteiger partial charge < -0.3 is 9.47 Å². The molecule has 0 spiro atoms. The molecule has 0 atom stereocenters. The van der Waals surface area contributed by atoms with Crippen molar-refractivity contribution in [3.8, 4) is 5.75 Å². The van der Waals surface area contributed by atoms with E-state index in [1.165, 1.54) is 0 Å². The summed E-state index contributed by atoms with van der Waals surface area (Å²) in [5.74, 6) is -0.150. The molecule has 0 N–H and O–H groups in total. The van der Waals surface area contributed by atoms with Crippen molar-refractivity contribution in [3.63, 3.8) is 0 Å². The van der Waals surface area contributed by atoms with E-state index in [2.05, 4.69) is 15.9 Å². The molecule has 5 heteroatoms. The minimum atomic E-state index is -0.450. The largest absolute Gasteiger partial charge is 0.481 e. The first-order chi connectivity index (χ1) is 8.19. The SMILES string of the molecule is CCOC(=O)COc1ccccc1C(=O)CBr. The Hall–Kier alpha value is -1.36. The van der Waals surface area contributed by atoms with Gasteiger partial charge in [0.15, 0.2) is 12.4 Å². The van der Waals surface area contributed by atoms with E-state index in [-0.39, 0.29) is 17.7 Å². The van der Waals surface area contributed by atoms with E-state index in [1.807, 2.05) is 0 Å². The minimum absolute atomic E-state index is 0.0931. The van der Waals surface area contributed by atoms with E-state index in [9.17, 15) is 9.59 Å². The highest BCUT2D eigenvalue weighted by atomic mass is 79.9. The van der Waals surface area contributed by atoms with Crippen LogP contribution in [0.25, 0.3) is 0 Å². The summed E-state index contributed by atoms with van der Waals surface area (Å²) in [6.45, 7) is 1.84. The summed E-state index contributed by atoms with van der Waals surface area (Å²) >= 11 is 3.09. The Balaban J connectivity index is 2.70. The third-order valence-electron chi connectivity index (χ3n) is 1.96. The summed E-state index contributed by atoms with van der Waals surface area (Å²) in [5, 5.41) is 0.215. The van der Waals surface area contributed by atoms with Gasteiger partial charge in [-0.1, -0.05) is 28.1 Å². The first-order valence-corrected chi connectivity index (χ1v) is 6.27. The fourth-order valence-electron chi connectivity index (χ4n) is 1.23. The Morgan fingerprint density at radius 2 is 2.00 bits per heavy atom. The van der Waals surface area contributed by atoms with Gasteiger partial charge in [0.25, 0.3) is 0 Å². The molecule has 0 unspecified atom stereocenters. The summed E-state index contributed by atoms with van der Waals surface area (Å²) in [5.41, 5.74) is 0.452. The quantitative estimate of drug-likeness (QED) is 0.459. The molecule has 0 bridgehead atoms. The van der Waals surface area contributed by atoms with E-state index in [0.29, 0.717) is 17.9 Å². The number of esters is 1. The molecule has 1 aromatic carbocycles. The van der Waals surface area contributed by atoms with Crippen molar-refractivity contribution in [2.45, 2.75) is 6.92 Å². The third-order valence-corrected chi connectivity index (χ3v) is 2.47. The molecule has 0 saturated carbocycles. The number of halogens is 1. The number of carbonyl (C=O) groups excluding carboxylic acids is 2. The van der Waals surface area contributed by atoms with Crippen LogP contribution in [0.4, 0.5) is 0 Å². The Bertz CT molecular complexity index is 403. The summed E-state index contributed by atoms with van der Waals surface area (Å²) in [4.78, 5) is 22.7. The second-order valence-corrected chi connectivity index (χ2v) is 3.71. The summed E-state index contributed by atoms with van der Waals surface area (Å²) in [7, 11) is 0. The van der Waals surface area contributed by atoms with E-state index >= 15 is 0 Å². The lowest BCUT2D eigenvalue weighted by atomic mass is 10.1. The van der Waals surface area contributed by atoms with Crippen molar-refractivity contribution in [2.75, 3.05) is 18.5 Å². The number of alkyl halides is 1. The Labute approximate surface area is 108 Å². The van der Waals surface area contributed by atoms with Crippen molar-refractivity contribution in [1.29, 1.82) is 0 Å². The molecule has 0 saturated heterocycles. The Morgan fingerprint density at radius 1 is 1.29 bits per heavy atom. The van der Waals surface area contributed by atoms with Gasteiger partial charge in [0.05, 0.1) is 17.5 Å². The molecular weight excluding hydrogens is 288 g/mol. The van der Waals surface area contributed by atoms with Gasteiger partial charge in [0, 0.05) is 0 Å². The van der Waals surface area contributed by atoms with Crippen molar-refractivity contribution in [2.24, 2.45) is 0 Å². The van der Waals surface area contributed by atoms with Crippen LogP contribution in [0.15, 0.2) is 24.3 Å². The second-order valence-electron chi connectivity index (χ2n) is 3.15. The van der Waals surface area contributed by atoms with Gasteiger partial charge in [-0.05, 0) is 19.1 Å². The molecule has 0 amide bonds. The zero-order chi connectivity index (χ0) is 12.7. The molecule has 1 aromatic rings. The smallest absolute Gasteiger partial charge is 0.344 e. The van der Waals surface area contributed by atoms with Crippen LogP contribution in [0.1, 0.15) is 17.3 Å². The zero-order valence-corrected chi connectivity index (χ0v) is 11.0. The molecule has 0 aliphatic heterocycles. The van der Waals surface area contributed by atoms with E-state index < -0.39 is 5.97 Å². The van der Waals surface area contributed by atoms with Crippen molar-refractivity contribution in [1.82, 2.24) is 0 Å². The lowest BCUT2D eigenvalue weighted by Gasteiger charge is -2.09. The first-order valence-electron chi connectivity index (χ1n) is 5.15. The molecule has 0 fully saturated rings. The van der Waals surface area contributed by atoms with Crippen LogP contribution in [0.5, 0.6) is 5.75 Å². The van der Waals surface area contributed by atoms with Gasteiger partial charge in [-0.25, -0.2) is 4.79 Å². The first kappa shape index (κ1) is 13.7. The molecule has 17 heavy (non-hydrogen) atoms. The number of rotatable bonds is 6. The summed E-state index contributed by atoms with van der Waals surface area (Å²) in [6.07, 6.45) is 0. The second kappa shape index (κ2) is 7.06. The van der Waals surface area contributed by atoms with Crippen LogP contribution in [-0.2, 0) is 9.53 Å². The lowest BCUT2D eigenvalue weighted by Crippen LogP contribution is -2.16. The topological polar surface area (TPSA) is 52.6 Å². The van der Waals surface area contributed by atoms with Crippen LogP contribution >= 0.6 is 15.9 Å². The highest BCUT2D eigenvalue weighted by Crippen LogP contribution is 2.19. The average molecular weight is 301 g/mol. The number of ether oxygens (including phenoxy) is 2. The maximum Gasteiger partial charge on any atom is 0.344 e. The van der Waals surface area contributed by atoms with Crippen LogP contribution in [-0.4, -0.2) is 30.3 Å². The van der Waals surface area contributed by atoms with Crippen molar-refractivity contribution < 1.29 is 19.1 Å². The maximum atomic E-state index is 11.6. The van der Waals surface area contributed by atoms with Gasteiger partial charge in [0.1, 0.15) is 5.75 Å². The lowest BCUT2D eigenvalue weighted by molar-refractivity contribution is -0.145. The van der Waals surface area contributed by atoms with Gasteiger partial charge in [-0.15, -0.1) is 0 Å². The molecule has 0 aliphatic rings. The minimum Gasteiger partial charge on any atom is -0.481 e. The monoisotopic (exact) mass is 300 g/mol. The predicted octanol–water partition coefficient (Wildman–Crippen LogP) is 2.21. The standard InChI is InChI=1S/C12H13BrO4/c1-2-16-12(15)8-17-11-6-4-3-5-9(11)10(14)7-13/h3-6H,2,7-8H2,1H3. The molecular formula is C12H13BrO4. The van der Waals surface area contributed by atoms with Gasteiger partial charge >= 0.3 is 5.97 Å². The van der Waals surface area contributed by atoms with Crippen LogP contribution in [0.2, 0.25) is 0 Å². The summed E-state index contributed by atoms with van der Waals surface area (Å²) in [6, 6.07) is 6.79. The Morgan fingerprint density at radius 3 is 2.65 bits per heavy atom. The Kier molecular flexibility index (Phi) is 5.69. The number of para-hydroxylation sites is 1. The van der Waals surface area contributed by atoms with Crippen molar-refractivity contribution in [3.05, 3.63) is 29.8 Å². The average Bonchev–Trinajstić information content (AvgIpc) is 2.36. The number of hydrogen-bond donors (Lipinski definition) is 0. The molecule has 1 rings (SSSR count). The van der Waals surface area contributed by atoms with E-state index in [0.717, 1.165) is 0 Å². The normalized spacial score (nSPS) is 9.76. The third kappa shape index (κ3) is 4.19. The number of carbonyl (C=O) groups is 2. The van der Waals surface area contributed by atoms with E-state index in [1.54, 1.807) is 31.2 Å². The van der Waals surface area contributed by atoms with Crippen LogP contribution in [0, 0.1) is 0 Å². The highest BCUT2D eigenvalue weighted by Gasteiger charge is 2.12. The summed E-state index contributed by atoms with van der Waals surface area (Å²) < 4.78 is 9.99. The number of ketones is 1. The molecule has 0 aromatic heterocycles. The maximum absolute atomic E-state index is 11.6. The van der Waals surface area contributed by atoms with Crippen molar-refractivity contribution >= 4 is 27.7 Å². The number of hydrogen-bond acceptors (Lipinski definition) is 4. The highest BCUT2D eigenvalue weighted by molar-refractivity contribution is 9.09. The predicted molar refractivity (Wildman–Crippen MR) is 66.7 cm³/mol. The number of benzene rings is 1. The molecule has 0 heterocycles. The van der Waals surface area contributed by atoms with Gasteiger partial charge in [-0.3, -0.25) is 4.79 Å². The molecule has 0 radical (unpaired) electrons. The van der Waals surface area contributed by atoms with Gasteiger partial charge in [-0.2, -0.15) is 0 Å². The molecule has 92 valence electrons. The fraction of sp³-hybridized carbons (Fsp3) is 0.333. The van der Waals surface area contributed by atoms with E-state index in [4.69, 9.17) is 9.47 Å². The van der Waals surface area contributed by atoms with Gasteiger partial charge in [0.2, 0.25) is 0 Å². The number of Topliss-reactive ketones (excluding diaryl/α,β-unsaturated/α-hetero) is 1. The molecule has 4 nitrogen and oxygen atoms in total. The van der Waals surface area contributed by atoms with Crippen LogP contribution < -0.4 is 4.74 Å². The zero-order valence-electron chi connectivity index (χ0n) is 9.44. The van der Waals surface area contributed by atoms with Crippen LogP contribution in [0.3, 0.4) is 0 Å². The molecule has 0 aliphatic carbocycles.